The van der Waals surface area contributed by atoms with E-state index in [-0.39, 0.29) is 5.82 Å². The smallest absolute Gasteiger partial charge is 0.298 e. The molecule has 1 aromatic carbocycles. The lowest BCUT2D eigenvalue weighted by molar-refractivity contribution is 0.537. The van der Waals surface area contributed by atoms with Gasteiger partial charge >= 0.3 is 0 Å². The molecule has 3 aromatic heterocycles. The number of hydrogen-bond acceptors (Lipinski definition) is 6. The van der Waals surface area contributed by atoms with E-state index in [1.807, 2.05) is 18.3 Å². The van der Waals surface area contributed by atoms with Gasteiger partial charge in [0, 0.05) is 44.6 Å². The van der Waals surface area contributed by atoms with Gasteiger partial charge in [-0.3, -0.25) is 0 Å². The summed E-state index contributed by atoms with van der Waals surface area (Å²) in [5.74, 6) is 0.603. The number of nitrogens with zero attached hydrogens (tertiary/aromatic N) is 6. The first-order chi connectivity index (χ1) is 12.3. The van der Waals surface area contributed by atoms with E-state index in [4.69, 9.17) is 4.42 Å². The Hall–Kier alpha value is -3.16. The number of imidazole rings is 1. The highest BCUT2D eigenvalue weighted by atomic mass is 19.1. The van der Waals surface area contributed by atoms with Crippen LogP contribution < -0.4 is 9.80 Å². The van der Waals surface area contributed by atoms with Crippen molar-refractivity contribution < 1.29 is 8.81 Å². The highest BCUT2D eigenvalue weighted by molar-refractivity contribution is 5.74. The minimum Gasteiger partial charge on any atom is -0.423 e. The van der Waals surface area contributed by atoms with E-state index in [9.17, 15) is 4.39 Å². The van der Waals surface area contributed by atoms with E-state index in [0.29, 0.717) is 17.1 Å². The Labute approximate surface area is 142 Å². The quantitative estimate of drug-likeness (QED) is 0.559. The Bertz CT molecular complexity index is 1050. The molecule has 4 aromatic rings. The molecule has 1 aliphatic rings. The maximum Gasteiger partial charge on any atom is 0.298 e. The molecular weight excluding hydrogens is 323 g/mol. The summed E-state index contributed by atoms with van der Waals surface area (Å²) < 4.78 is 20.8. The Kier molecular flexibility index (Phi) is 3.09. The van der Waals surface area contributed by atoms with E-state index in [1.165, 1.54) is 12.1 Å². The van der Waals surface area contributed by atoms with Crippen LogP contribution in [0, 0.1) is 5.82 Å². The molecule has 4 heterocycles. The molecule has 0 saturated carbocycles. The topological polar surface area (TPSA) is 62.7 Å². The standard InChI is InChI=1S/C17H15FN6O/c18-12-1-2-13-14(11-12)25-17(20-13)23-9-7-22(8-10-23)16-4-3-15-19-5-6-24(15)21-16/h1-6,11H,7-10H2. The number of halogens is 1. The average Bonchev–Trinajstić information content (AvgIpc) is 3.27. The first-order valence-electron chi connectivity index (χ1n) is 8.13. The van der Waals surface area contributed by atoms with Gasteiger partial charge in [0.2, 0.25) is 0 Å². The third kappa shape index (κ3) is 2.46. The van der Waals surface area contributed by atoms with E-state index in [1.54, 1.807) is 16.8 Å². The molecule has 5 rings (SSSR count). The van der Waals surface area contributed by atoms with E-state index in [0.717, 1.165) is 37.6 Å². The summed E-state index contributed by atoms with van der Waals surface area (Å²) in [6.45, 7) is 3.14. The number of fused-ring (bicyclic) bond motifs is 2. The third-order valence-electron chi connectivity index (χ3n) is 4.45. The van der Waals surface area contributed by atoms with Crippen molar-refractivity contribution in [3.8, 4) is 0 Å². The van der Waals surface area contributed by atoms with Gasteiger partial charge in [0.15, 0.2) is 11.2 Å². The zero-order chi connectivity index (χ0) is 16.8. The number of benzene rings is 1. The van der Waals surface area contributed by atoms with E-state index in [2.05, 4.69) is 24.9 Å². The van der Waals surface area contributed by atoms with Crippen molar-refractivity contribution in [2.24, 2.45) is 0 Å². The molecule has 7 nitrogen and oxygen atoms in total. The fourth-order valence-corrected chi connectivity index (χ4v) is 3.12. The van der Waals surface area contributed by atoms with Crippen LogP contribution in [0.4, 0.5) is 16.2 Å². The second kappa shape index (κ2) is 5.44. The molecule has 25 heavy (non-hydrogen) atoms. The molecule has 0 N–H and O–H groups in total. The highest BCUT2D eigenvalue weighted by Gasteiger charge is 2.22. The Morgan fingerprint density at radius 1 is 1.00 bits per heavy atom. The lowest BCUT2D eigenvalue weighted by Gasteiger charge is -2.34. The van der Waals surface area contributed by atoms with Gasteiger partial charge in [0.25, 0.3) is 6.01 Å². The van der Waals surface area contributed by atoms with Crippen molar-refractivity contribution >= 4 is 28.6 Å². The molecule has 8 heteroatoms. The van der Waals surface area contributed by atoms with Crippen molar-refractivity contribution in [2.45, 2.75) is 0 Å². The van der Waals surface area contributed by atoms with E-state index >= 15 is 0 Å². The predicted molar refractivity (Wildman–Crippen MR) is 91.4 cm³/mol. The van der Waals surface area contributed by atoms with Crippen LogP contribution in [-0.4, -0.2) is 45.8 Å². The molecule has 0 unspecified atom stereocenters. The molecule has 0 spiro atoms. The van der Waals surface area contributed by atoms with Crippen LogP contribution in [0.1, 0.15) is 0 Å². The monoisotopic (exact) mass is 338 g/mol. The molecule has 0 radical (unpaired) electrons. The summed E-state index contributed by atoms with van der Waals surface area (Å²) in [5.41, 5.74) is 1.98. The minimum absolute atomic E-state index is 0.319. The van der Waals surface area contributed by atoms with Gasteiger partial charge in [0.1, 0.15) is 17.2 Å². The van der Waals surface area contributed by atoms with Gasteiger partial charge in [0.05, 0.1) is 0 Å². The average molecular weight is 338 g/mol. The van der Waals surface area contributed by atoms with Gasteiger partial charge in [-0.1, -0.05) is 0 Å². The number of piperazine rings is 1. The summed E-state index contributed by atoms with van der Waals surface area (Å²) in [7, 11) is 0. The summed E-state index contributed by atoms with van der Waals surface area (Å²) in [6.07, 6.45) is 3.58. The summed E-state index contributed by atoms with van der Waals surface area (Å²) in [6, 6.07) is 8.89. The number of hydrogen-bond donors (Lipinski definition) is 0. The molecule has 1 fully saturated rings. The van der Waals surface area contributed by atoms with Crippen molar-refractivity contribution in [1.29, 1.82) is 0 Å². The summed E-state index contributed by atoms with van der Waals surface area (Å²) in [5, 5.41) is 4.58. The van der Waals surface area contributed by atoms with Gasteiger partial charge in [-0.25, -0.2) is 13.9 Å². The molecule has 0 atom stereocenters. The normalized spacial score (nSPS) is 15.4. The first-order valence-corrected chi connectivity index (χ1v) is 8.13. The molecular formula is C17H15FN6O. The van der Waals surface area contributed by atoms with Crippen LogP contribution in [0.5, 0.6) is 0 Å². The fraction of sp³-hybridized carbons (Fsp3) is 0.235. The second-order valence-electron chi connectivity index (χ2n) is 6.00. The molecule has 0 amide bonds. The van der Waals surface area contributed by atoms with Gasteiger partial charge in [-0.15, -0.1) is 5.10 Å². The summed E-state index contributed by atoms with van der Waals surface area (Å²) in [4.78, 5) is 13.0. The van der Waals surface area contributed by atoms with Gasteiger partial charge < -0.3 is 14.2 Å². The second-order valence-corrected chi connectivity index (χ2v) is 6.00. The molecule has 0 aliphatic carbocycles. The number of oxazole rings is 1. The third-order valence-corrected chi connectivity index (χ3v) is 4.45. The highest BCUT2D eigenvalue weighted by Crippen LogP contribution is 2.24. The Morgan fingerprint density at radius 2 is 1.84 bits per heavy atom. The van der Waals surface area contributed by atoms with Crippen LogP contribution in [0.2, 0.25) is 0 Å². The predicted octanol–water partition coefficient (Wildman–Crippen LogP) is 2.34. The minimum atomic E-state index is -0.319. The lowest BCUT2D eigenvalue weighted by atomic mass is 10.3. The van der Waals surface area contributed by atoms with Crippen molar-refractivity contribution in [3.63, 3.8) is 0 Å². The molecule has 1 aliphatic heterocycles. The van der Waals surface area contributed by atoms with Crippen LogP contribution in [0.15, 0.2) is 47.1 Å². The van der Waals surface area contributed by atoms with Crippen LogP contribution >= 0.6 is 0 Å². The number of aromatic nitrogens is 4. The summed E-state index contributed by atoms with van der Waals surface area (Å²) >= 11 is 0. The van der Waals surface area contributed by atoms with Crippen molar-refractivity contribution in [2.75, 3.05) is 36.0 Å². The first kappa shape index (κ1) is 14.2. The Morgan fingerprint density at radius 3 is 2.72 bits per heavy atom. The number of rotatable bonds is 2. The van der Waals surface area contributed by atoms with Crippen LogP contribution in [0.25, 0.3) is 16.7 Å². The SMILES string of the molecule is Fc1ccc2nc(N3CCN(c4ccc5nccn5n4)CC3)oc2c1. The molecule has 0 bridgehead atoms. The largest absolute Gasteiger partial charge is 0.423 e. The van der Waals surface area contributed by atoms with Gasteiger partial charge in [-0.05, 0) is 24.3 Å². The van der Waals surface area contributed by atoms with Crippen molar-refractivity contribution in [1.82, 2.24) is 19.6 Å². The molecule has 1 saturated heterocycles. The lowest BCUT2D eigenvalue weighted by Crippen LogP contribution is -2.47. The zero-order valence-corrected chi connectivity index (χ0v) is 13.3. The van der Waals surface area contributed by atoms with Crippen LogP contribution in [-0.2, 0) is 0 Å². The molecule has 126 valence electrons. The zero-order valence-electron chi connectivity index (χ0n) is 13.3. The maximum atomic E-state index is 13.3. The Balaban J connectivity index is 1.34. The van der Waals surface area contributed by atoms with E-state index < -0.39 is 0 Å². The number of anilines is 2. The van der Waals surface area contributed by atoms with Crippen LogP contribution in [0.3, 0.4) is 0 Å². The fourth-order valence-electron chi connectivity index (χ4n) is 3.12. The van der Waals surface area contributed by atoms with Gasteiger partial charge in [-0.2, -0.15) is 4.98 Å². The van der Waals surface area contributed by atoms with Crippen molar-refractivity contribution in [3.05, 3.63) is 48.5 Å². The maximum absolute atomic E-state index is 13.3.